The molecule has 0 radical (unpaired) electrons. The fourth-order valence-electron chi connectivity index (χ4n) is 4.44. The lowest BCUT2D eigenvalue weighted by atomic mass is 9.68. The van der Waals surface area contributed by atoms with Crippen LogP contribution in [0.15, 0.2) is 12.3 Å². The zero-order chi connectivity index (χ0) is 15.3. The van der Waals surface area contributed by atoms with Crippen LogP contribution >= 0.6 is 0 Å². The number of anilines is 1. The van der Waals surface area contributed by atoms with Gasteiger partial charge in [0.25, 0.3) is 0 Å². The van der Waals surface area contributed by atoms with Gasteiger partial charge >= 0.3 is 5.97 Å². The van der Waals surface area contributed by atoms with Crippen molar-refractivity contribution in [3.05, 3.63) is 18.1 Å². The van der Waals surface area contributed by atoms with E-state index in [1.165, 1.54) is 26.4 Å². The first-order chi connectivity index (χ1) is 9.87. The summed E-state index contributed by atoms with van der Waals surface area (Å²) in [6, 6.07) is 2.18. The molecule has 2 fully saturated rings. The lowest BCUT2D eigenvalue weighted by Crippen LogP contribution is -2.46. The first-order valence-electron chi connectivity index (χ1n) is 7.55. The Hall–Kier alpha value is -1.65. The number of nitrogens with zero attached hydrogens (tertiary/aromatic N) is 2. The van der Waals surface area contributed by atoms with E-state index in [2.05, 4.69) is 40.8 Å². The summed E-state index contributed by atoms with van der Waals surface area (Å²) in [5, 5.41) is 3.56. The van der Waals surface area contributed by atoms with Gasteiger partial charge in [0.05, 0.1) is 7.11 Å². The Bertz CT molecular complexity index is 568. The fourth-order valence-corrected chi connectivity index (χ4v) is 4.44. The molecule has 1 N–H and O–H groups in total. The van der Waals surface area contributed by atoms with Gasteiger partial charge in [-0.3, -0.25) is 0 Å². The lowest BCUT2D eigenvalue weighted by molar-refractivity contribution is 0.0587. The quantitative estimate of drug-likeness (QED) is 0.867. The number of hydrogen-bond acceptors (Lipinski definition) is 5. The Morgan fingerprint density at radius 2 is 2.19 bits per heavy atom. The first kappa shape index (κ1) is 14.3. The second kappa shape index (κ2) is 4.68. The van der Waals surface area contributed by atoms with E-state index in [0.717, 1.165) is 5.92 Å². The monoisotopic (exact) mass is 289 g/mol. The fraction of sp³-hybridized carbons (Fsp3) is 0.688. The minimum atomic E-state index is -0.503. The lowest BCUT2D eigenvalue weighted by Gasteiger charge is -2.43. The average Bonchev–Trinajstić information content (AvgIpc) is 2.94. The number of fused-ring (bicyclic) bond motifs is 2. The SMILES string of the molecule is COC(=O)c1nccc(NC2C3(C)CCC(C3)C2(C)C)n1. The molecular formula is C16H23N3O2. The normalized spacial score (nSPS) is 33.0. The van der Waals surface area contributed by atoms with Crippen LogP contribution in [0.3, 0.4) is 0 Å². The van der Waals surface area contributed by atoms with Gasteiger partial charge in [-0.05, 0) is 42.1 Å². The van der Waals surface area contributed by atoms with E-state index < -0.39 is 5.97 Å². The van der Waals surface area contributed by atoms with Crippen molar-refractivity contribution in [2.75, 3.05) is 12.4 Å². The van der Waals surface area contributed by atoms with Crippen LogP contribution in [0.25, 0.3) is 0 Å². The molecule has 2 aliphatic carbocycles. The van der Waals surface area contributed by atoms with Crippen molar-refractivity contribution in [3.8, 4) is 0 Å². The van der Waals surface area contributed by atoms with Crippen molar-refractivity contribution in [3.63, 3.8) is 0 Å². The van der Waals surface area contributed by atoms with Gasteiger partial charge in [-0.15, -0.1) is 0 Å². The predicted octanol–water partition coefficient (Wildman–Crippen LogP) is 2.89. The van der Waals surface area contributed by atoms with Gasteiger partial charge in [-0.25, -0.2) is 14.8 Å². The Morgan fingerprint density at radius 3 is 2.81 bits per heavy atom. The van der Waals surface area contributed by atoms with Crippen LogP contribution in [0.4, 0.5) is 5.82 Å². The van der Waals surface area contributed by atoms with Gasteiger partial charge in [0.1, 0.15) is 5.82 Å². The van der Waals surface area contributed by atoms with Crippen LogP contribution in [-0.4, -0.2) is 29.1 Å². The van der Waals surface area contributed by atoms with E-state index in [1.807, 2.05) is 6.07 Å². The van der Waals surface area contributed by atoms with Gasteiger partial charge in [-0.1, -0.05) is 20.8 Å². The molecule has 0 aliphatic heterocycles. The molecule has 5 heteroatoms. The maximum absolute atomic E-state index is 11.5. The predicted molar refractivity (Wildman–Crippen MR) is 80.0 cm³/mol. The maximum Gasteiger partial charge on any atom is 0.376 e. The Kier molecular flexibility index (Phi) is 3.19. The van der Waals surface area contributed by atoms with Crippen LogP contribution in [0, 0.1) is 16.7 Å². The standard InChI is InChI=1S/C16H23N3O2/c1-15(2)10-5-7-16(3,9-10)14(15)19-11-6-8-17-12(18-11)13(20)21-4/h6,8,10,14H,5,7,9H2,1-4H3,(H,17,18,19). The number of aromatic nitrogens is 2. The molecule has 0 spiro atoms. The number of rotatable bonds is 3. The highest BCUT2D eigenvalue weighted by atomic mass is 16.5. The molecule has 21 heavy (non-hydrogen) atoms. The zero-order valence-electron chi connectivity index (χ0n) is 13.1. The van der Waals surface area contributed by atoms with E-state index in [1.54, 1.807) is 6.20 Å². The molecule has 0 aromatic carbocycles. The number of esters is 1. The number of nitrogens with one attached hydrogen (secondary N) is 1. The molecule has 2 saturated carbocycles. The summed E-state index contributed by atoms with van der Waals surface area (Å²) < 4.78 is 4.68. The third-order valence-electron chi connectivity index (χ3n) is 5.59. The Labute approximate surface area is 125 Å². The molecule has 3 unspecified atom stereocenters. The number of ether oxygens (including phenoxy) is 1. The molecule has 3 atom stereocenters. The molecule has 1 aromatic heterocycles. The van der Waals surface area contributed by atoms with Gasteiger partial charge in [0, 0.05) is 12.2 Å². The smallest absolute Gasteiger partial charge is 0.376 e. The molecule has 2 bridgehead atoms. The highest BCUT2D eigenvalue weighted by molar-refractivity contribution is 5.85. The summed E-state index contributed by atoms with van der Waals surface area (Å²) in [6.07, 6.45) is 5.45. The Balaban J connectivity index is 1.85. The van der Waals surface area contributed by atoms with Crippen LogP contribution in [0.5, 0.6) is 0 Å². The van der Waals surface area contributed by atoms with E-state index in [0.29, 0.717) is 17.3 Å². The second-order valence-corrected chi connectivity index (χ2v) is 7.25. The van der Waals surface area contributed by atoms with Crippen molar-refractivity contribution in [2.24, 2.45) is 16.7 Å². The molecule has 5 nitrogen and oxygen atoms in total. The largest absolute Gasteiger partial charge is 0.463 e. The van der Waals surface area contributed by atoms with Crippen molar-refractivity contribution in [1.29, 1.82) is 0 Å². The van der Waals surface area contributed by atoms with Crippen LogP contribution in [0.1, 0.15) is 50.7 Å². The molecule has 1 aromatic rings. The van der Waals surface area contributed by atoms with Crippen LogP contribution in [-0.2, 0) is 4.74 Å². The molecular weight excluding hydrogens is 266 g/mol. The topological polar surface area (TPSA) is 64.1 Å². The second-order valence-electron chi connectivity index (χ2n) is 7.25. The molecule has 3 rings (SSSR count). The number of carbonyl (C=O) groups is 1. The van der Waals surface area contributed by atoms with Crippen LogP contribution < -0.4 is 5.32 Å². The minimum absolute atomic E-state index is 0.105. The molecule has 114 valence electrons. The number of carbonyl (C=O) groups excluding carboxylic acids is 1. The number of hydrogen-bond donors (Lipinski definition) is 1. The van der Waals surface area contributed by atoms with Crippen molar-refractivity contribution in [1.82, 2.24) is 9.97 Å². The van der Waals surface area contributed by atoms with Crippen molar-refractivity contribution in [2.45, 2.75) is 46.1 Å². The van der Waals surface area contributed by atoms with E-state index in [4.69, 9.17) is 0 Å². The summed E-state index contributed by atoms with van der Waals surface area (Å²) in [6.45, 7) is 7.03. The number of methoxy groups -OCH3 is 1. The van der Waals surface area contributed by atoms with Gasteiger partial charge in [0.15, 0.2) is 0 Å². The van der Waals surface area contributed by atoms with E-state index in [-0.39, 0.29) is 11.2 Å². The summed E-state index contributed by atoms with van der Waals surface area (Å²) >= 11 is 0. The van der Waals surface area contributed by atoms with Crippen LogP contribution in [0.2, 0.25) is 0 Å². The molecule has 0 saturated heterocycles. The summed E-state index contributed by atoms with van der Waals surface area (Å²) in [5.41, 5.74) is 0.550. The summed E-state index contributed by atoms with van der Waals surface area (Å²) in [7, 11) is 1.34. The third-order valence-corrected chi connectivity index (χ3v) is 5.59. The molecule has 1 heterocycles. The first-order valence-corrected chi connectivity index (χ1v) is 7.55. The highest BCUT2D eigenvalue weighted by Gasteiger charge is 2.59. The Morgan fingerprint density at radius 1 is 1.43 bits per heavy atom. The summed E-state index contributed by atoms with van der Waals surface area (Å²) in [4.78, 5) is 19.8. The van der Waals surface area contributed by atoms with Gasteiger partial charge in [0.2, 0.25) is 5.82 Å². The maximum atomic E-state index is 11.5. The highest BCUT2D eigenvalue weighted by Crippen LogP contribution is 2.62. The van der Waals surface area contributed by atoms with Gasteiger partial charge < -0.3 is 10.1 Å². The summed E-state index contributed by atoms with van der Waals surface area (Å²) in [5.74, 6) is 1.07. The van der Waals surface area contributed by atoms with Crippen molar-refractivity contribution < 1.29 is 9.53 Å². The van der Waals surface area contributed by atoms with E-state index >= 15 is 0 Å². The zero-order valence-corrected chi connectivity index (χ0v) is 13.1. The van der Waals surface area contributed by atoms with Crippen molar-refractivity contribution >= 4 is 11.8 Å². The van der Waals surface area contributed by atoms with E-state index in [9.17, 15) is 4.79 Å². The third kappa shape index (κ3) is 2.19. The average molecular weight is 289 g/mol. The van der Waals surface area contributed by atoms with Gasteiger partial charge in [-0.2, -0.15) is 0 Å². The molecule has 0 amide bonds. The minimum Gasteiger partial charge on any atom is -0.463 e. The molecule has 2 aliphatic rings.